The van der Waals surface area contributed by atoms with E-state index in [0.717, 1.165) is 6.54 Å². The van der Waals surface area contributed by atoms with Crippen molar-refractivity contribution >= 4 is 11.6 Å². The quantitative estimate of drug-likeness (QED) is 0.452. The predicted octanol–water partition coefficient (Wildman–Crippen LogP) is 3.91. The van der Waals surface area contributed by atoms with E-state index in [-0.39, 0.29) is 11.6 Å². The lowest BCUT2D eigenvalue weighted by Crippen LogP contribution is -2.39. The predicted molar refractivity (Wildman–Crippen MR) is 92.7 cm³/mol. The smallest absolute Gasteiger partial charge is 0.269 e. The lowest BCUT2D eigenvalue weighted by Gasteiger charge is -2.30. The normalized spacial score (nSPS) is 24.5. The molecule has 24 heavy (non-hydrogen) atoms. The third-order valence-electron chi connectivity index (χ3n) is 5.07. The van der Waals surface area contributed by atoms with Gasteiger partial charge in [0, 0.05) is 30.8 Å². The number of benzene rings is 1. The van der Waals surface area contributed by atoms with Crippen molar-refractivity contribution in [3.8, 4) is 0 Å². The molecule has 3 atom stereocenters. The number of hydrogen-bond donors (Lipinski definition) is 0. The molecule has 0 spiro atoms. The summed E-state index contributed by atoms with van der Waals surface area (Å²) in [7, 11) is 0. The average Bonchev–Trinajstić information content (AvgIpc) is 3.16. The molecule has 2 aliphatic carbocycles. The number of rotatable bonds is 6. The molecule has 1 saturated carbocycles. The van der Waals surface area contributed by atoms with Gasteiger partial charge in [-0.1, -0.05) is 26.0 Å². The Morgan fingerprint density at radius 2 is 1.96 bits per heavy atom. The van der Waals surface area contributed by atoms with E-state index in [2.05, 4.69) is 26.0 Å². The minimum atomic E-state index is -0.443. The number of hydrogen-bond acceptors (Lipinski definition) is 3. The Hall–Kier alpha value is -2.17. The van der Waals surface area contributed by atoms with E-state index >= 15 is 0 Å². The average molecular weight is 328 g/mol. The van der Waals surface area contributed by atoms with Crippen molar-refractivity contribution in [3.63, 3.8) is 0 Å². The van der Waals surface area contributed by atoms with Gasteiger partial charge in [0.2, 0.25) is 0 Å². The van der Waals surface area contributed by atoms with E-state index in [0.29, 0.717) is 35.8 Å². The molecule has 1 fully saturated rings. The molecule has 5 nitrogen and oxygen atoms in total. The number of fused-ring (bicyclic) bond motifs is 2. The van der Waals surface area contributed by atoms with Crippen molar-refractivity contribution < 1.29 is 9.72 Å². The van der Waals surface area contributed by atoms with Crippen LogP contribution in [0.3, 0.4) is 0 Å². The SMILES string of the molecule is CC(C)CN(CC1CC2C=CC1C2)C(=O)c1ccc([N+](=O)[O-])cc1. The van der Waals surface area contributed by atoms with Gasteiger partial charge in [0.15, 0.2) is 0 Å². The summed E-state index contributed by atoms with van der Waals surface area (Å²) in [5.74, 6) is 2.21. The van der Waals surface area contributed by atoms with Crippen LogP contribution >= 0.6 is 0 Å². The Kier molecular flexibility index (Phi) is 4.69. The molecule has 0 aromatic heterocycles. The van der Waals surface area contributed by atoms with Crippen LogP contribution in [0.15, 0.2) is 36.4 Å². The Morgan fingerprint density at radius 3 is 2.46 bits per heavy atom. The summed E-state index contributed by atoms with van der Waals surface area (Å²) in [5.41, 5.74) is 0.542. The number of nitro benzene ring substituents is 1. The highest BCUT2D eigenvalue weighted by Crippen LogP contribution is 2.43. The highest BCUT2D eigenvalue weighted by molar-refractivity contribution is 5.94. The van der Waals surface area contributed by atoms with Gasteiger partial charge in [-0.2, -0.15) is 0 Å². The zero-order chi connectivity index (χ0) is 17.3. The van der Waals surface area contributed by atoms with Crippen molar-refractivity contribution in [3.05, 3.63) is 52.1 Å². The summed E-state index contributed by atoms with van der Waals surface area (Å²) in [6, 6.07) is 5.94. The van der Waals surface area contributed by atoms with Crippen molar-refractivity contribution in [2.75, 3.05) is 13.1 Å². The van der Waals surface area contributed by atoms with E-state index in [1.165, 1.54) is 25.0 Å². The zero-order valence-corrected chi connectivity index (χ0v) is 14.2. The molecule has 0 heterocycles. The Bertz CT molecular complexity index is 651. The molecule has 1 aromatic carbocycles. The molecular weight excluding hydrogens is 304 g/mol. The summed E-state index contributed by atoms with van der Waals surface area (Å²) in [5, 5.41) is 10.8. The van der Waals surface area contributed by atoms with E-state index < -0.39 is 4.92 Å². The first kappa shape index (κ1) is 16.7. The Labute approximate surface area is 142 Å². The first-order chi connectivity index (χ1) is 11.4. The molecule has 5 heteroatoms. The summed E-state index contributed by atoms with van der Waals surface area (Å²) in [6.07, 6.45) is 7.02. The summed E-state index contributed by atoms with van der Waals surface area (Å²) in [4.78, 5) is 25.2. The molecule has 3 unspecified atom stereocenters. The standard InChI is InChI=1S/C19H24N2O3/c1-13(2)11-20(12-17-10-14-3-4-16(17)9-14)19(22)15-5-7-18(8-6-15)21(23)24/h3-8,13-14,16-17H,9-12H2,1-2H3. The second kappa shape index (κ2) is 6.75. The fourth-order valence-electron chi connectivity index (χ4n) is 3.98. The van der Waals surface area contributed by atoms with Crippen LogP contribution in [0.2, 0.25) is 0 Å². The van der Waals surface area contributed by atoms with Crippen LogP contribution in [0.25, 0.3) is 0 Å². The fraction of sp³-hybridized carbons (Fsp3) is 0.526. The van der Waals surface area contributed by atoms with Crippen molar-refractivity contribution in [2.24, 2.45) is 23.7 Å². The maximum absolute atomic E-state index is 12.9. The molecule has 3 rings (SSSR count). The lowest BCUT2D eigenvalue weighted by atomic mass is 9.92. The van der Waals surface area contributed by atoms with E-state index in [1.54, 1.807) is 12.1 Å². The summed E-state index contributed by atoms with van der Waals surface area (Å²) >= 11 is 0. The highest BCUT2D eigenvalue weighted by atomic mass is 16.6. The van der Waals surface area contributed by atoms with Gasteiger partial charge in [-0.25, -0.2) is 0 Å². The molecular formula is C19H24N2O3. The molecule has 2 aliphatic rings. The van der Waals surface area contributed by atoms with Gasteiger partial charge in [0.05, 0.1) is 4.92 Å². The number of amides is 1. The third-order valence-corrected chi connectivity index (χ3v) is 5.07. The van der Waals surface area contributed by atoms with E-state index in [4.69, 9.17) is 0 Å². The van der Waals surface area contributed by atoms with Crippen LogP contribution in [0, 0.1) is 33.8 Å². The molecule has 2 bridgehead atoms. The zero-order valence-electron chi connectivity index (χ0n) is 14.2. The molecule has 1 amide bonds. The molecule has 0 N–H and O–H groups in total. The van der Waals surface area contributed by atoms with Gasteiger partial charge < -0.3 is 4.90 Å². The van der Waals surface area contributed by atoms with E-state index in [1.807, 2.05) is 4.90 Å². The Balaban J connectivity index is 1.73. The molecule has 0 radical (unpaired) electrons. The minimum Gasteiger partial charge on any atom is -0.338 e. The van der Waals surface area contributed by atoms with E-state index in [9.17, 15) is 14.9 Å². The highest BCUT2D eigenvalue weighted by Gasteiger charge is 2.37. The first-order valence-electron chi connectivity index (χ1n) is 8.66. The summed E-state index contributed by atoms with van der Waals surface area (Å²) < 4.78 is 0. The Morgan fingerprint density at radius 1 is 1.25 bits per heavy atom. The number of nitro groups is 1. The number of carbonyl (C=O) groups excluding carboxylic acids is 1. The van der Waals surface area contributed by atoms with Crippen molar-refractivity contribution in [1.82, 2.24) is 4.90 Å². The fourth-order valence-corrected chi connectivity index (χ4v) is 3.98. The van der Waals surface area contributed by atoms with Crippen molar-refractivity contribution in [1.29, 1.82) is 0 Å². The molecule has 1 aromatic rings. The van der Waals surface area contributed by atoms with Gasteiger partial charge >= 0.3 is 0 Å². The maximum Gasteiger partial charge on any atom is 0.269 e. The van der Waals surface area contributed by atoms with Crippen LogP contribution in [0.1, 0.15) is 37.0 Å². The number of non-ortho nitro benzene ring substituents is 1. The molecule has 0 saturated heterocycles. The topological polar surface area (TPSA) is 63.5 Å². The van der Waals surface area contributed by atoms with Gasteiger partial charge in [0.25, 0.3) is 11.6 Å². The van der Waals surface area contributed by atoms with Gasteiger partial charge in [-0.05, 0) is 48.6 Å². The summed E-state index contributed by atoms with van der Waals surface area (Å²) in [6.45, 7) is 5.71. The van der Waals surface area contributed by atoms with Crippen LogP contribution < -0.4 is 0 Å². The van der Waals surface area contributed by atoms with Crippen LogP contribution in [0.5, 0.6) is 0 Å². The molecule has 0 aliphatic heterocycles. The minimum absolute atomic E-state index is 0.0141. The second-order valence-electron chi connectivity index (χ2n) is 7.45. The van der Waals surface area contributed by atoms with Crippen molar-refractivity contribution in [2.45, 2.75) is 26.7 Å². The third kappa shape index (κ3) is 3.50. The first-order valence-corrected chi connectivity index (χ1v) is 8.66. The van der Waals surface area contributed by atoms with Crippen LogP contribution in [-0.2, 0) is 0 Å². The molecule has 128 valence electrons. The van der Waals surface area contributed by atoms with Gasteiger partial charge in [-0.15, -0.1) is 0 Å². The maximum atomic E-state index is 12.9. The van der Waals surface area contributed by atoms with Gasteiger partial charge in [-0.3, -0.25) is 14.9 Å². The lowest BCUT2D eigenvalue weighted by molar-refractivity contribution is -0.384. The van der Waals surface area contributed by atoms with Gasteiger partial charge in [0.1, 0.15) is 0 Å². The number of carbonyl (C=O) groups is 1. The number of allylic oxidation sites excluding steroid dienone is 2. The van der Waals surface area contributed by atoms with Crippen LogP contribution in [-0.4, -0.2) is 28.8 Å². The largest absolute Gasteiger partial charge is 0.338 e. The second-order valence-corrected chi connectivity index (χ2v) is 7.45. The number of nitrogens with zero attached hydrogens (tertiary/aromatic N) is 2. The van der Waals surface area contributed by atoms with Crippen LogP contribution in [0.4, 0.5) is 5.69 Å². The monoisotopic (exact) mass is 328 g/mol.